The summed E-state index contributed by atoms with van der Waals surface area (Å²) in [6.45, 7) is 0. The average molecular weight is 556 g/mol. The lowest BCUT2D eigenvalue weighted by molar-refractivity contribution is -0.348. The maximum absolute atomic E-state index is 14.2. The second-order valence-corrected chi connectivity index (χ2v) is 7.34. The summed E-state index contributed by atoms with van der Waals surface area (Å²) in [6.07, 6.45) is -12.6. The second kappa shape index (κ2) is 7.74. The van der Waals surface area contributed by atoms with E-state index in [1.165, 1.54) is 12.1 Å². The minimum atomic E-state index is -6.31. The molecule has 0 atom stereocenters. The molecule has 0 saturated carbocycles. The summed E-state index contributed by atoms with van der Waals surface area (Å²) in [4.78, 5) is 12.2. The largest absolute Gasteiger partial charge is 0.435 e. The van der Waals surface area contributed by atoms with E-state index in [1.54, 1.807) is 0 Å². The summed E-state index contributed by atoms with van der Waals surface area (Å²) in [5.74, 6) is -2.17. The fourth-order valence-electron chi connectivity index (χ4n) is 2.29. The molecule has 0 spiro atoms. The van der Waals surface area contributed by atoms with Gasteiger partial charge in [0.05, 0.1) is 16.9 Å². The number of carbonyl (C=O) groups excluding carboxylic acids is 1. The molecule has 0 fully saturated rings. The lowest BCUT2D eigenvalue weighted by Gasteiger charge is -2.31. The molecule has 0 aliphatic rings. The molecule has 2 rings (SSSR count). The summed E-state index contributed by atoms with van der Waals surface area (Å²) in [5.41, 5.74) is -3.34. The molecule has 0 radical (unpaired) electrons. The number of nitrogens with one attached hydrogen (secondary N) is 1. The minimum Gasteiger partial charge on any atom is -0.396 e. The Hall–Kier alpha value is -1.89. The Kier molecular flexibility index (Phi) is 6.25. The molecular weight excluding hydrogens is 548 g/mol. The molecule has 3 N–H and O–H groups in total. The number of nitrogen functional groups attached to an aromatic ring is 1. The molecule has 2 aromatic carbocycles. The van der Waals surface area contributed by atoms with Crippen LogP contribution < -0.4 is 11.1 Å². The first-order chi connectivity index (χ1) is 13.1. The van der Waals surface area contributed by atoms with Crippen LogP contribution in [0.2, 0.25) is 0 Å². The Morgan fingerprint density at radius 3 is 1.86 bits per heavy atom. The number of alkyl halides is 7. The zero-order valence-electron chi connectivity index (χ0n) is 13.7. The van der Waals surface area contributed by atoms with Gasteiger partial charge in [0.1, 0.15) is 0 Å². The van der Waals surface area contributed by atoms with Crippen LogP contribution in [0.5, 0.6) is 0 Å². The molecule has 3 nitrogen and oxygen atoms in total. The summed E-state index contributed by atoms with van der Waals surface area (Å²) >= 11 is 5.39. The van der Waals surface area contributed by atoms with Crippen molar-refractivity contribution >= 4 is 49.1 Å². The van der Waals surface area contributed by atoms with E-state index < -0.39 is 49.8 Å². The molecule has 0 bridgehead atoms. The number of anilines is 2. The molecular formula is C16H8Br2F8N2O. The van der Waals surface area contributed by atoms with Gasteiger partial charge in [-0.3, -0.25) is 4.79 Å². The van der Waals surface area contributed by atoms with Gasteiger partial charge >= 0.3 is 18.0 Å². The molecule has 2 aromatic rings. The highest BCUT2D eigenvalue weighted by molar-refractivity contribution is 9.11. The molecule has 0 saturated heterocycles. The quantitative estimate of drug-likeness (QED) is 0.337. The van der Waals surface area contributed by atoms with Crippen LogP contribution in [0.15, 0.2) is 39.3 Å². The maximum atomic E-state index is 14.2. The molecule has 13 heteroatoms. The van der Waals surface area contributed by atoms with Crippen molar-refractivity contribution in [2.75, 3.05) is 11.1 Å². The zero-order chi connectivity index (χ0) is 22.4. The van der Waals surface area contributed by atoms with Gasteiger partial charge in [-0.05, 0) is 56.1 Å². The summed E-state index contributed by atoms with van der Waals surface area (Å²) in [7, 11) is 0. The van der Waals surface area contributed by atoms with Gasteiger partial charge in [0, 0.05) is 14.5 Å². The van der Waals surface area contributed by atoms with Crippen molar-refractivity contribution in [2.45, 2.75) is 18.0 Å². The standard InChI is InChI=1S/C16H8Br2F8N2O/c17-8-4-6(14(20,15(21,22)23)16(24,25)26)5-9(18)12(8)28-13(29)7-2-1-3-10(27)11(7)19/h1-5H,27H2,(H,28,29). The van der Waals surface area contributed by atoms with E-state index >= 15 is 0 Å². The monoisotopic (exact) mass is 554 g/mol. The topological polar surface area (TPSA) is 55.1 Å². The normalized spacial score (nSPS) is 12.8. The van der Waals surface area contributed by atoms with Crippen LogP contribution in [0.3, 0.4) is 0 Å². The van der Waals surface area contributed by atoms with Gasteiger partial charge < -0.3 is 11.1 Å². The van der Waals surface area contributed by atoms with E-state index in [9.17, 15) is 39.9 Å². The molecule has 0 aromatic heterocycles. The first-order valence-electron chi connectivity index (χ1n) is 7.28. The maximum Gasteiger partial charge on any atom is 0.435 e. The highest BCUT2D eigenvalue weighted by Gasteiger charge is 2.73. The Morgan fingerprint density at radius 1 is 0.931 bits per heavy atom. The average Bonchev–Trinajstić information content (AvgIpc) is 2.57. The van der Waals surface area contributed by atoms with Crippen molar-refractivity contribution in [1.29, 1.82) is 0 Å². The third-order valence-corrected chi connectivity index (χ3v) is 4.98. The first-order valence-corrected chi connectivity index (χ1v) is 8.87. The third kappa shape index (κ3) is 4.20. The molecule has 0 aliphatic carbocycles. The van der Waals surface area contributed by atoms with Crippen molar-refractivity contribution in [1.82, 2.24) is 0 Å². The van der Waals surface area contributed by atoms with Gasteiger partial charge in [-0.1, -0.05) is 6.07 Å². The van der Waals surface area contributed by atoms with Crippen LogP contribution in [0.1, 0.15) is 15.9 Å². The lowest BCUT2D eigenvalue weighted by atomic mass is 9.94. The van der Waals surface area contributed by atoms with E-state index in [0.29, 0.717) is 0 Å². The third-order valence-electron chi connectivity index (χ3n) is 3.73. The SMILES string of the molecule is Nc1cccc(C(=O)Nc2c(Br)cc(C(F)(C(F)(F)F)C(F)(F)F)cc2Br)c1F. The number of hydrogen-bond acceptors (Lipinski definition) is 2. The fraction of sp³-hybridized carbons (Fsp3) is 0.188. The van der Waals surface area contributed by atoms with E-state index in [4.69, 9.17) is 5.73 Å². The van der Waals surface area contributed by atoms with Crippen LogP contribution >= 0.6 is 31.9 Å². The number of nitrogens with two attached hydrogens (primary N) is 1. The molecule has 158 valence electrons. The van der Waals surface area contributed by atoms with Gasteiger partial charge in [-0.2, -0.15) is 26.3 Å². The van der Waals surface area contributed by atoms with Gasteiger partial charge in [0.15, 0.2) is 5.82 Å². The Bertz CT molecular complexity index is 922. The second-order valence-electron chi connectivity index (χ2n) is 5.63. The van der Waals surface area contributed by atoms with Gasteiger partial charge in [-0.15, -0.1) is 0 Å². The van der Waals surface area contributed by atoms with Gasteiger partial charge in [0.25, 0.3) is 5.91 Å². The van der Waals surface area contributed by atoms with Gasteiger partial charge in [0.2, 0.25) is 0 Å². The lowest BCUT2D eigenvalue weighted by Crippen LogP contribution is -2.50. The van der Waals surface area contributed by atoms with E-state index in [-0.39, 0.29) is 23.5 Å². The van der Waals surface area contributed by atoms with E-state index in [1.807, 2.05) is 0 Å². The smallest absolute Gasteiger partial charge is 0.396 e. The van der Waals surface area contributed by atoms with Crippen molar-refractivity contribution in [3.8, 4) is 0 Å². The fourth-order valence-corrected chi connectivity index (χ4v) is 3.67. The van der Waals surface area contributed by atoms with E-state index in [2.05, 4.69) is 37.2 Å². The van der Waals surface area contributed by atoms with Crippen LogP contribution in [0, 0.1) is 5.82 Å². The predicted molar refractivity (Wildman–Crippen MR) is 95.5 cm³/mol. The van der Waals surface area contributed by atoms with Crippen LogP contribution in [-0.4, -0.2) is 18.3 Å². The zero-order valence-corrected chi connectivity index (χ0v) is 16.8. The van der Waals surface area contributed by atoms with E-state index in [0.717, 1.165) is 6.07 Å². The summed E-state index contributed by atoms with van der Waals surface area (Å²) in [6, 6.07) is 3.91. The first kappa shape index (κ1) is 23.4. The molecule has 0 unspecified atom stereocenters. The van der Waals surface area contributed by atoms with Crippen LogP contribution in [0.25, 0.3) is 0 Å². The number of amides is 1. The number of carbonyl (C=O) groups is 1. The number of halogens is 10. The predicted octanol–water partition coefficient (Wildman–Crippen LogP) is 6.47. The van der Waals surface area contributed by atoms with Gasteiger partial charge in [-0.25, -0.2) is 8.78 Å². The molecule has 0 aliphatic heterocycles. The Morgan fingerprint density at radius 2 is 1.41 bits per heavy atom. The highest BCUT2D eigenvalue weighted by atomic mass is 79.9. The molecule has 1 amide bonds. The van der Waals surface area contributed by atoms with Crippen molar-refractivity contribution in [3.05, 3.63) is 56.2 Å². The van der Waals surface area contributed by atoms with Crippen LogP contribution in [0.4, 0.5) is 46.5 Å². The molecule has 0 heterocycles. The summed E-state index contributed by atoms with van der Waals surface area (Å²) < 4.78 is 105. The minimum absolute atomic E-state index is 0.219. The van der Waals surface area contributed by atoms with Crippen molar-refractivity contribution in [2.24, 2.45) is 0 Å². The number of rotatable bonds is 3. The molecule has 29 heavy (non-hydrogen) atoms. The van der Waals surface area contributed by atoms with Crippen LogP contribution in [-0.2, 0) is 5.67 Å². The summed E-state index contributed by atoms with van der Waals surface area (Å²) in [5, 5.41) is 2.11. The number of hydrogen-bond donors (Lipinski definition) is 2. The Labute approximate surface area is 174 Å². The number of benzene rings is 2. The van der Waals surface area contributed by atoms with Crippen molar-refractivity contribution < 1.29 is 39.9 Å². The van der Waals surface area contributed by atoms with Crippen molar-refractivity contribution in [3.63, 3.8) is 0 Å². The Balaban J connectivity index is 2.52. The highest BCUT2D eigenvalue weighted by Crippen LogP contribution is 2.54.